The number of hydrogen-bond acceptors (Lipinski definition) is 3. The number of nitrogens with zero attached hydrogens (tertiary/aromatic N) is 1. The molecule has 1 aliphatic rings. The maximum absolute atomic E-state index is 12.3. The van der Waals surface area contributed by atoms with Crippen molar-refractivity contribution in [3.63, 3.8) is 0 Å². The van der Waals surface area contributed by atoms with Gasteiger partial charge in [0.05, 0.1) is 5.56 Å². The first kappa shape index (κ1) is 14.4. The van der Waals surface area contributed by atoms with Gasteiger partial charge in [-0.3, -0.25) is 9.59 Å². The maximum Gasteiger partial charge on any atom is 0.259 e. The maximum atomic E-state index is 12.3. The van der Waals surface area contributed by atoms with Gasteiger partial charge in [0.2, 0.25) is 5.91 Å². The fourth-order valence-electron chi connectivity index (χ4n) is 2.73. The van der Waals surface area contributed by atoms with E-state index in [0.717, 1.165) is 18.7 Å². The summed E-state index contributed by atoms with van der Waals surface area (Å²) in [5, 5.41) is 2.85. The standard InChI is InChI=1S/C17H18N2O3/c1-11-9-15(12(2)22-11)17(21)18-13-5-3-6-14(10-13)19-8-4-7-16(19)20/h3,5-6,9-10H,4,7-8H2,1-2H3,(H,18,21). The van der Waals surface area contributed by atoms with Crippen molar-refractivity contribution in [3.8, 4) is 0 Å². The zero-order chi connectivity index (χ0) is 15.7. The third kappa shape index (κ3) is 2.74. The van der Waals surface area contributed by atoms with Crippen LogP contribution < -0.4 is 10.2 Å². The Bertz CT molecular complexity index is 733. The minimum absolute atomic E-state index is 0.129. The highest BCUT2D eigenvalue weighted by molar-refractivity contribution is 6.05. The SMILES string of the molecule is Cc1cc(C(=O)Nc2cccc(N3CCCC3=O)c2)c(C)o1. The van der Waals surface area contributed by atoms with Gasteiger partial charge in [-0.2, -0.15) is 0 Å². The quantitative estimate of drug-likeness (QED) is 0.946. The number of anilines is 2. The van der Waals surface area contributed by atoms with Crippen molar-refractivity contribution >= 4 is 23.2 Å². The van der Waals surface area contributed by atoms with Crippen LogP contribution in [0.4, 0.5) is 11.4 Å². The lowest BCUT2D eigenvalue weighted by Crippen LogP contribution is -2.23. The molecule has 1 aliphatic heterocycles. The number of aryl methyl sites for hydroxylation is 2. The van der Waals surface area contributed by atoms with E-state index in [1.54, 1.807) is 17.9 Å². The van der Waals surface area contributed by atoms with E-state index in [-0.39, 0.29) is 11.8 Å². The van der Waals surface area contributed by atoms with Crippen LogP contribution in [0.2, 0.25) is 0 Å². The van der Waals surface area contributed by atoms with E-state index in [1.165, 1.54) is 0 Å². The van der Waals surface area contributed by atoms with Gasteiger partial charge in [-0.15, -0.1) is 0 Å². The second-order valence-corrected chi connectivity index (χ2v) is 5.48. The van der Waals surface area contributed by atoms with Crippen molar-refractivity contribution in [2.24, 2.45) is 0 Å². The summed E-state index contributed by atoms with van der Waals surface area (Å²) in [5.41, 5.74) is 2.01. The third-order valence-electron chi connectivity index (χ3n) is 3.77. The third-order valence-corrected chi connectivity index (χ3v) is 3.77. The zero-order valence-electron chi connectivity index (χ0n) is 12.7. The van der Waals surface area contributed by atoms with Gasteiger partial charge < -0.3 is 14.6 Å². The van der Waals surface area contributed by atoms with Gasteiger partial charge in [0.1, 0.15) is 11.5 Å². The predicted molar refractivity (Wildman–Crippen MR) is 84.2 cm³/mol. The Morgan fingerprint density at radius 3 is 2.73 bits per heavy atom. The fraction of sp³-hybridized carbons (Fsp3) is 0.294. The molecule has 1 aromatic carbocycles. The molecule has 0 bridgehead atoms. The number of furan rings is 1. The van der Waals surface area contributed by atoms with E-state index in [2.05, 4.69) is 5.32 Å². The lowest BCUT2D eigenvalue weighted by molar-refractivity contribution is -0.117. The molecule has 5 nitrogen and oxygen atoms in total. The molecule has 0 radical (unpaired) electrons. The highest BCUT2D eigenvalue weighted by Crippen LogP contribution is 2.25. The summed E-state index contributed by atoms with van der Waals surface area (Å²) >= 11 is 0. The van der Waals surface area contributed by atoms with Gasteiger partial charge in [0.15, 0.2) is 0 Å². The molecule has 3 rings (SSSR count). The van der Waals surface area contributed by atoms with Crippen LogP contribution in [0, 0.1) is 13.8 Å². The number of nitrogens with one attached hydrogen (secondary N) is 1. The number of benzene rings is 1. The van der Waals surface area contributed by atoms with E-state index in [4.69, 9.17) is 4.42 Å². The van der Waals surface area contributed by atoms with Gasteiger partial charge in [0, 0.05) is 24.3 Å². The van der Waals surface area contributed by atoms with Crippen LogP contribution in [0.3, 0.4) is 0 Å². The molecule has 114 valence electrons. The highest BCUT2D eigenvalue weighted by Gasteiger charge is 2.22. The van der Waals surface area contributed by atoms with Crippen LogP contribution in [0.15, 0.2) is 34.7 Å². The minimum atomic E-state index is -0.209. The van der Waals surface area contributed by atoms with E-state index < -0.39 is 0 Å². The highest BCUT2D eigenvalue weighted by atomic mass is 16.3. The van der Waals surface area contributed by atoms with Crippen LogP contribution in [-0.4, -0.2) is 18.4 Å². The fourth-order valence-corrected chi connectivity index (χ4v) is 2.73. The first-order chi connectivity index (χ1) is 10.5. The van der Waals surface area contributed by atoms with Gasteiger partial charge in [-0.25, -0.2) is 0 Å². The van der Waals surface area contributed by atoms with E-state index in [1.807, 2.05) is 31.2 Å². The average molecular weight is 298 g/mol. The molecule has 0 atom stereocenters. The molecule has 2 amide bonds. The van der Waals surface area contributed by atoms with Crippen molar-refractivity contribution in [1.82, 2.24) is 0 Å². The summed E-state index contributed by atoms with van der Waals surface area (Å²) in [4.78, 5) is 25.8. The van der Waals surface area contributed by atoms with Crippen molar-refractivity contribution < 1.29 is 14.0 Å². The number of amides is 2. The second kappa shape index (κ2) is 5.67. The molecule has 0 unspecified atom stereocenters. The normalized spacial score (nSPS) is 14.5. The molecule has 1 aromatic heterocycles. The molecular weight excluding hydrogens is 280 g/mol. The molecule has 2 heterocycles. The van der Waals surface area contributed by atoms with Crippen LogP contribution in [0.25, 0.3) is 0 Å². The monoisotopic (exact) mass is 298 g/mol. The first-order valence-electron chi connectivity index (χ1n) is 7.33. The molecule has 0 saturated carbocycles. The summed E-state index contributed by atoms with van der Waals surface area (Å²) in [5.74, 6) is 1.23. The topological polar surface area (TPSA) is 62.6 Å². The molecule has 1 fully saturated rings. The Balaban J connectivity index is 1.79. The van der Waals surface area contributed by atoms with Gasteiger partial charge in [0.25, 0.3) is 5.91 Å². The van der Waals surface area contributed by atoms with Gasteiger partial charge >= 0.3 is 0 Å². The Morgan fingerprint density at radius 1 is 1.27 bits per heavy atom. The van der Waals surface area contributed by atoms with Crippen LogP contribution in [0.1, 0.15) is 34.7 Å². The van der Waals surface area contributed by atoms with Crippen molar-refractivity contribution in [1.29, 1.82) is 0 Å². The van der Waals surface area contributed by atoms with Gasteiger partial charge in [-0.05, 0) is 44.5 Å². The molecule has 0 spiro atoms. The van der Waals surface area contributed by atoms with Gasteiger partial charge in [-0.1, -0.05) is 6.07 Å². The summed E-state index contributed by atoms with van der Waals surface area (Å²) < 4.78 is 5.38. The molecule has 0 aliphatic carbocycles. The number of carbonyl (C=O) groups is 2. The molecule has 1 saturated heterocycles. The largest absolute Gasteiger partial charge is 0.466 e. The van der Waals surface area contributed by atoms with Crippen molar-refractivity contribution in [2.75, 3.05) is 16.8 Å². The molecular formula is C17H18N2O3. The Morgan fingerprint density at radius 2 is 2.09 bits per heavy atom. The molecule has 2 aromatic rings. The zero-order valence-corrected chi connectivity index (χ0v) is 12.7. The van der Waals surface area contributed by atoms with Crippen LogP contribution in [-0.2, 0) is 4.79 Å². The smallest absolute Gasteiger partial charge is 0.259 e. The van der Waals surface area contributed by atoms with E-state index >= 15 is 0 Å². The lowest BCUT2D eigenvalue weighted by atomic mass is 10.2. The molecule has 22 heavy (non-hydrogen) atoms. The van der Waals surface area contributed by atoms with E-state index in [9.17, 15) is 9.59 Å². The number of carbonyl (C=O) groups excluding carboxylic acids is 2. The predicted octanol–water partition coefficient (Wildman–Crippen LogP) is 3.28. The van der Waals surface area contributed by atoms with E-state index in [0.29, 0.717) is 29.2 Å². The molecule has 5 heteroatoms. The Kier molecular flexibility index (Phi) is 3.71. The first-order valence-corrected chi connectivity index (χ1v) is 7.33. The lowest BCUT2D eigenvalue weighted by Gasteiger charge is -2.16. The van der Waals surface area contributed by atoms with Crippen molar-refractivity contribution in [3.05, 3.63) is 47.4 Å². The van der Waals surface area contributed by atoms with Crippen LogP contribution >= 0.6 is 0 Å². The second-order valence-electron chi connectivity index (χ2n) is 5.48. The van der Waals surface area contributed by atoms with Crippen LogP contribution in [0.5, 0.6) is 0 Å². The van der Waals surface area contributed by atoms with Crippen molar-refractivity contribution in [2.45, 2.75) is 26.7 Å². The summed E-state index contributed by atoms with van der Waals surface area (Å²) in [7, 11) is 0. The number of rotatable bonds is 3. The summed E-state index contributed by atoms with van der Waals surface area (Å²) in [6.07, 6.45) is 1.47. The average Bonchev–Trinajstić information content (AvgIpc) is 3.04. The number of hydrogen-bond donors (Lipinski definition) is 1. The Hall–Kier alpha value is -2.56. The molecule has 1 N–H and O–H groups in total. The summed E-state index contributed by atoms with van der Waals surface area (Å²) in [6, 6.07) is 9.07. The minimum Gasteiger partial charge on any atom is -0.466 e. The summed E-state index contributed by atoms with van der Waals surface area (Å²) in [6.45, 7) is 4.31. The Labute approximate surface area is 128 Å².